The van der Waals surface area contributed by atoms with Crippen LogP contribution in [0.2, 0.25) is 0 Å². The van der Waals surface area contributed by atoms with Crippen molar-refractivity contribution >= 4 is 0 Å². The lowest BCUT2D eigenvalue weighted by Crippen LogP contribution is -2.39. The Morgan fingerprint density at radius 2 is 1.45 bits per heavy atom. The van der Waals surface area contributed by atoms with Crippen molar-refractivity contribution in [3.05, 3.63) is 0 Å². The summed E-state index contributed by atoms with van der Waals surface area (Å²) in [6.45, 7) is 12.6. The molecule has 0 heterocycles. The minimum Gasteiger partial charge on any atom is -0.392 e. The molecule has 0 aliphatic heterocycles. The highest BCUT2D eigenvalue weighted by Gasteiger charge is 2.34. The van der Waals surface area contributed by atoms with Crippen molar-refractivity contribution in [2.75, 3.05) is 0 Å². The Hall–Kier alpha value is -0.0400. The van der Waals surface area contributed by atoms with Crippen molar-refractivity contribution in [2.24, 2.45) is 10.8 Å². The van der Waals surface area contributed by atoms with Crippen molar-refractivity contribution in [3.63, 3.8) is 0 Å². The van der Waals surface area contributed by atoms with E-state index in [9.17, 15) is 5.11 Å². The monoisotopic (exact) mass is 158 g/mol. The van der Waals surface area contributed by atoms with E-state index in [0.29, 0.717) is 0 Å². The van der Waals surface area contributed by atoms with E-state index in [1.165, 1.54) is 0 Å². The molecule has 1 N–H and O–H groups in total. The summed E-state index contributed by atoms with van der Waals surface area (Å²) in [5.74, 6) is 0. The van der Waals surface area contributed by atoms with Crippen LogP contribution in [0.5, 0.6) is 0 Å². The third-order valence-corrected chi connectivity index (χ3v) is 2.47. The fraction of sp³-hybridized carbons (Fsp3) is 1.00. The summed E-state index contributed by atoms with van der Waals surface area (Å²) in [6.07, 6.45) is 0.797. The molecule has 1 heteroatoms. The summed E-state index contributed by atoms with van der Waals surface area (Å²) in [4.78, 5) is 0. The molecule has 0 amide bonds. The highest BCUT2D eigenvalue weighted by Crippen LogP contribution is 2.35. The van der Waals surface area contributed by atoms with Gasteiger partial charge in [-0.25, -0.2) is 0 Å². The molecule has 11 heavy (non-hydrogen) atoms. The topological polar surface area (TPSA) is 20.2 Å². The first kappa shape index (κ1) is 11.0. The average molecular weight is 158 g/mol. The van der Waals surface area contributed by atoms with Crippen molar-refractivity contribution < 1.29 is 5.11 Å². The largest absolute Gasteiger partial charge is 0.392 e. The Balaban J connectivity index is 4.35. The molecule has 0 saturated carbocycles. The standard InChI is InChI=1S/C10H22O/c1-7-10(5,6)8(11)9(2,3)4/h8,11H,7H2,1-6H3/t8-/m0/s1. The van der Waals surface area contributed by atoms with Crippen LogP contribution in [0.3, 0.4) is 0 Å². The lowest BCUT2D eigenvalue weighted by molar-refractivity contribution is -0.0340. The molecular weight excluding hydrogens is 136 g/mol. The first-order valence-electron chi connectivity index (χ1n) is 4.40. The maximum Gasteiger partial charge on any atom is 0.0639 e. The van der Waals surface area contributed by atoms with E-state index < -0.39 is 0 Å². The second-order valence-corrected chi connectivity index (χ2v) is 5.11. The minimum absolute atomic E-state index is 0.000486. The number of hydrogen-bond donors (Lipinski definition) is 1. The Bertz CT molecular complexity index is 119. The van der Waals surface area contributed by atoms with Gasteiger partial charge in [-0.3, -0.25) is 0 Å². The average Bonchev–Trinajstić information content (AvgIpc) is 1.84. The zero-order valence-corrected chi connectivity index (χ0v) is 8.73. The summed E-state index contributed by atoms with van der Waals surface area (Å²) in [7, 11) is 0. The van der Waals surface area contributed by atoms with E-state index in [0.717, 1.165) is 6.42 Å². The molecule has 0 saturated heterocycles. The van der Waals surface area contributed by atoms with Gasteiger partial charge in [0.25, 0.3) is 0 Å². The molecule has 68 valence electrons. The van der Waals surface area contributed by atoms with Crippen LogP contribution >= 0.6 is 0 Å². The second-order valence-electron chi connectivity index (χ2n) is 5.11. The van der Waals surface area contributed by atoms with Gasteiger partial charge >= 0.3 is 0 Å². The molecule has 1 nitrogen and oxygen atoms in total. The summed E-state index contributed by atoms with van der Waals surface area (Å²) < 4.78 is 0. The van der Waals surface area contributed by atoms with Gasteiger partial charge in [-0.2, -0.15) is 0 Å². The molecule has 0 bridgehead atoms. The molecule has 0 aromatic carbocycles. The zero-order valence-electron chi connectivity index (χ0n) is 8.73. The number of rotatable bonds is 2. The van der Waals surface area contributed by atoms with Crippen molar-refractivity contribution in [3.8, 4) is 0 Å². The van der Waals surface area contributed by atoms with Crippen LogP contribution < -0.4 is 0 Å². The van der Waals surface area contributed by atoms with Gasteiger partial charge in [-0.15, -0.1) is 0 Å². The molecule has 0 rings (SSSR count). The minimum atomic E-state index is -0.222. The lowest BCUT2D eigenvalue weighted by Gasteiger charge is -2.38. The van der Waals surface area contributed by atoms with Gasteiger partial charge in [0.15, 0.2) is 0 Å². The Kier molecular flexibility index (Phi) is 3.13. The summed E-state index contributed by atoms with van der Waals surface area (Å²) in [5, 5.41) is 9.91. The molecule has 0 radical (unpaired) electrons. The first-order chi connectivity index (χ1) is 4.72. The highest BCUT2D eigenvalue weighted by molar-refractivity contribution is 4.85. The van der Waals surface area contributed by atoms with Crippen LogP contribution in [0.1, 0.15) is 48.0 Å². The smallest absolute Gasteiger partial charge is 0.0639 e. The van der Waals surface area contributed by atoms with Crippen molar-refractivity contribution in [1.82, 2.24) is 0 Å². The number of aliphatic hydroxyl groups excluding tert-OH is 1. The fourth-order valence-corrected chi connectivity index (χ4v) is 1.37. The predicted molar refractivity (Wildman–Crippen MR) is 49.5 cm³/mol. The molecular formula is C10H22O. The van der Waals surface area contributed by atoms with E-state index in [2.05, 4.69) is 41.5 Å². The zero-order chi connectivity index (χ0) is 9.28. The van der Waals surface area contributed by atoms with Gasteiger partial charge in [0.05, 0.1) is 6.10 Å². The van der Waals surface area contributed by atoms with Crippen LogP contribution in [0.15, 0.2) is 0 Å². The van der Waals surface area contributed by atoms with E-state index in [-0.39, 0.29) is 16.9 Å². The van der Waals surface area contributed by atoms with Gasteiger partial charge in [0.1, 0.15) is 0 Å². The fourth-order valence-electron chi connectivity index (χ4n) is 1.37. The quantitative estimate of drug-likeness (QED) is 0.655. The van der Waals surface area contributed by atoms with Crippen LogP contribution in [0.25, 0.3) is 0 Å². The van der Waals surface area contributed by atoms with Crippen LogP contribution in [0.4, 0.5) is 0 Å². The molecule has 0 aromatic rings. The van der Waals surface area contributed by atoms with Gasteiger partial charge in [0, 0.05) is 0 Å². The molecule has 0 aliphatic carbocycles. The van der Waals surface area contributed by atoms with E-state index in [1.54, 1.807) is 0 Å². The van der Waals surface area contributed by atoms with Gasteiger partial charge < -0.3 is 5.11 Å². The molecule has 0 aliphatic rings. The third-order valence-electron chi connectivity index (χ3n) is 2.47. The Labute approximate surface area is 70.8 Å². The molecule has 0 unspecified atom stereocenters. The first-order valence-corrected chi connectivity index (χ1v) is 4.40. The van der Waals surface area contributed by atoms with Gasteiger partial charge in [0.2, 0.25) is 0 Å². The second kappa shape index (κ2) is 3.14. The molecule has 0 aromatic heterocycles. The predicted octanol–water partition coefficient (Wildman–Crippen LogP) is 2.83. The molecule has 1 atom stereocenters. The molecule has 0 fully saturated rings. The lowest BCUT2D eigenvalue weighted by atomic mass is 9.72. The Morgan fingerprint density at radius 1 is 1.09 bits per heavy atom. The van der Waals surface area contributed by atoms with Gasteiger partial charge in [-0.05, 0) is 17.3 Å². The number of hydrogen-bond acceptors (Lipinski definition) is 1. The van der Waals surface area contributed by atoms with Crippen LogP contribution in [0, 0.1) is 10.8 Å². The summed E-state index contributed by atoms with van der Waals surface area (Å²) in [6, 6.07) is 0. The SMILES string of the molecule is CCC(C)(C)[C@@H](O)C(C)(C)C. The molecule has 0 spiro atoms. The highest BCUT2D eigenvalue weighted by atomic mass is 16.3. The maximum atomic E-state index is 9.91. The van der Waals surface area contributed by atoms with Crippen LogP contribution in [-0.2, 0) is 0 Å². The normalized spacial score (nSPS) is 16.6. The van der Waals surface area contributed by atoms with E-state index in [4.69, 9.17) is 0 Å². The number of aliphatic hydroxyl groups is 1. The maximum absolute atomic E-state index is 9.91. The van der Waals surface area contributed by atoms with Crippen molar-refractivity contribution in [1.29, 1.82) is 0 Å². The van der Waals surface area contributed by atoms with E-state index in [1.807, 2.05) is 0 Å². The van der Waals surface area contributed by atoms with Crippen LogP contribution in [-0.4, -0.2) is 11.2 Å². The Morgan fingerprint density at radius 3 is 1.55 bits per heavy atom. The van der Waals surface area contributed by atoms with Gasteiger partial charge in [-0.1, -0.05) is 41.5 Å². The summed E-state index contributed by atoms with van der Waals surface area (Å²) in [5.41, 5.74) is 0.0394. The van der Waals surface area contributed by atoms with E-state index >= 15 is 0 Å². The summed E-state index contributed by atoms with van der Waals surface area (Å²) >= 11 is 0. The third kappa shape index (κ3) is 2.82. The van der Waals surface area contributed by atoms with Crippen molar-refractivity contribution in [2.45, 2.75) is 54.1 Å².